The van der Waals surface area contributed by atoms with Gasteiger partial charge in [-0.1, -0.05) is 91.0 Å². The van der Waals surface area contributed by atoms with Gasteiger partial charge in [0.2, 0.25) is 0 Å². The largest absolute Gasteiger partial charge is 0.496 e. The number of amides is 1. The van der Waals surface area contributed by atoms with E-state index in [-0.39, 0.29) is 24.7 Å². The predicted octanol–water partition coefficient (Wildman–Crippen LogP) is 8.12. The third kappa shape index (κ3) is 7.87. The Kier molecular flexibility index (Phi) is 10.5. The summed E-state index contributed by atoms with van der Waals surface area (Å²) in [4.78, 5) is 13.7. The molecule has 0 aliphatic carbocycles. The van der Waals surface area contributed by atoms with Gasteiger partial charge in [0, 0.05) is 34.7 Å². The van der Waals surface area contributed by atoms with E-state index in [0.717, 1.165) is 49.8 Å². The number of ether oxygens (including phenoxy) is 3. The van der Waals surface area contributed by atoms with Crippen LogP contribution in [0.25, 0.3) is 11.1 Å². The molecule has 0 radical (unpaired) electrons. The Labute approximate surface area is 274 Å². The molecule has 46 heavy (non-hydrogen) atoms. The van der Waals surface area contributed by atoms with Crippen LogP contribution in [0.15, 0.2) is 132 Å². The number of para-hydroxylation sites is 1. The number of rotatable bonds is 11. The van der Waals surface area contributed by atoms with Crippen LogP contribution in [0.5, 0.6) is 5.75 Å². The maximum Gasteiger partial charge on any atom is 0.251 e. The van der Waals surface area contributed by atoms with E-state index in [0.29, 0.717) is 18.5 Å². The van der Waals surface area contributed by atoms with Crippen LogP contribution >= 0.6 is 11.8 Å². The molecule has 7 heteroatoms. The lowest BCUT2D eigenvalue weighted by Crippen LogP contribution is -2.31. The van der Waals surface area contributed by atoms with Crippen molar-refractivity contribution in [3.8, 4) is 16.9 Å². The normalized spacial score (nSPS) is 17.7. The summed E-state index contributed by atoms with van der Waals surface area (Å²) < 4.78 is 18.8. The number of hydrogen-bond acceptors (Lipinski definition) is 6. The molecular formula is C39H37NO5S. The molecule has 0 spiro atoms. The van der Waals surface area contributed by atoms with Crippen LogP contribution in [0.2, 0.25) is 0 Å². The summed E-state index contributed by atoms with van der Waals surface area (Å²) in [6, 6.07) is 41.7. The number of methoxy groups -OCH3 is 1. The summed E-state index contributed by atoms with van der Waals surface area (Å²) >= 11 is 1.72. The second-order valence-electron chi connectivity index (χ2n) is 11.2. The minimum atomic E-state index is -0.562. The first-order chi connectivity index (χ1) is 22.6. The summed E-state index contributed by atoms with van der Waals surface area (Å²) in [5, 5.41) is 12.6. The molecule has 2 N–H and O–H groups in total. The molecule has 0 bridgehead atoms. The number of thioether (sulfide) groups is 1. The quantitative estimate of drug-likeness (QED) is 0.143. The Morgan fingerprint density at radius 2 is 1.54 bits per heavy atom. The van der Waals surface area contributed by atoms with Crippen LogP contribution in [-0.4, -0.2) is 30.0 Å². The fourth-order valence-electron chi connectivity index (χ4n) is 5.54. The number of aliphatic hydroxyl groups is 1. The second-order valence-corrected chi connectivity index (χ2v) is 12.2. The highest BCUT2D eigenvalue weighted by molar-refractivity contribution is 7.99. The molecule has 1 aliphatic heterocycles. The van der Waals surface area contributed by atoms with Crippen LogP contribution in [0.1, 0.15) is 51.4 Å². The van der Waals surface area contributed by atoms with Gasteiger partial charge in [-0.05, 0) is 64.2 Å². The highest BCUT2D eigenvalue weighted by atomic mass is 32.2. The van der Waals surface area contributed by atoms with Gasteiger partial charge in [0.05, 0.1) is 25.9 Å². The first-order valence-corrected chi connectivity index (χ1v) is 16.4. The lowest BCUT2D eigenvalue weighted by Gasteiger charge is -2.36. The van der Waals surface area contributed by atoms with Crippen molar-refractivity contribution in [3.05, 3.63) is 155 Å². The molecule has 6 rings (SSSR count). The van der Waals surface area contributed by atoms with E-state index in [4.69, 9.17) is 14.2 Å². The zero-order chi connectivity index (χ0) is 31.7. The summed E-state index contributed by atoms with van der Waals surface area (Å²) in [6.07, 6.45) is -0.104. The Morgan fingerprint density at radius 3 is 2.33 bits per heavy atom. The number of carbonyl (C=O) groups excluding carboxylic acids is 1. The fourth-order valence-corrected chi connectivity index (χ4v) is 6.59. The van der Waals surface area contributed by atoms with E-state index >= 15 is 0 Å². The predicted molar refractivity (Wildman–Crippen MR) is 182 cm³/mol. The Hall–Kier alpha value is -4.40. The third-order valence-corrected chi connectivity index (χ3v) is 9.20. The van der Waals surface area contributed by atoms with Crippen molar-refractivity contribution >= 4 is 17.7 Å². The van der Waals surface area contributed by atoms with Crippen molar-refractivity contribution in [2.45, 2.75) is 43.0 Å². The lowest BCUT2D eigenvalue weighted by atomic mass is 9.99. The number of nitrogens with one attached hydrogen (secondary N) is 1. The van der Waals surface area contributed by atoms with Crippen molar-refractivity contribution < 1.29 is 24.1 Å². The minimum Gasteiger partial charge on any atom is -0.496 e. The zero-order valence-corrected chi connectivity index (χ0v) is 26.5. The summed E-state index contributed by atoms with van der Waals surface area (Å²) in [5.74, 6) is 1.49. The van der Waals surface area contributed by atoms with E-state index in [1.165, 1.54) is 0 Å². The van der Waals surface area contributed by atoms with Gasteiger partial charge in [-0.2, -0.15) is 0 Å². The van der Waals surface area contributed by atoms with Crippen molar-refractivity contribution in [2.24, 2.45) is 0 Å². The highest BCUT2D eigenvalue weighted by Gasteiger charge is 2.32. The number of carbonyl (C=O) groups is 1. The van der Waals surface area contributed by atoms with Gasteiger partial charge in [-0.3, -0.25) is 4.79 Å². The molecule has 0 saturated carbocycles. The second kappa shape index (κ2) is 15.3. The molecule has 3 atom stereocenters. The van der Waals surface area contributed by atoms with Gasteiger partial charge in [-0.25, -0.2) is 0 Å². The van der Waals surface area contributed by atoms with Crippen LogP contribution in [0.3, 0.4) is 0 Å². The molecule has 234 valence electrons. The van der Waals surface area contributed by atoms with Crippen molar-refractivity contribution in [1.82, 2.24) is 5.32 Å². The van der Waals surface area contributed by atoms with E-state index in [9.17, 15) is 9.90 Å². The standard InChI is InChI=1S/C39H37NO5S/c1-43-35-15-5-6-16-37(35)46-26-34-23-36(29-19-17-27(25-41)18-20-29)45-39(44-34)33-14-8-13-32(22-33)31-12-7-9-28(21-31)24-40-38(42)30-10-3-2-4-11-30/h2-22,34,36,39,41H,23-26H2,1H3,(H,40,42)/t34-,36+,39+/m0/s1. The van der Waals surface area contributed by atoms with Gasteiger partial charge in [0.1, 0.15) is 5.75 Å². The molecular weight excluding hydrogens is 594 g/mol. The first-order valence-electron chi connectivity index (χ1n) is 15.4. The van der Waals surface area contributed by atoms with Gasteiger partial charge in [0.15, 0.2) is 6.29 Å². The monoisotopic (exact) mass is 631 g/mol. The van der Waals surface area contributed by atoms with E-state index in [1.54, 1.807) is 18.9 Å². The summed E-state index contributed by atoms with van der Waals surface area (Å²) in [7, 11) is 1.69. The van der Waals surface area contributed by atoms with E-state index in [2.05, 4.69) is 35.6 Å². The van der Waals surface area contributed by atoms with E-state index < -0.39 is 6.29 Å². The summed E-state index contributed by atoms with van der Waals surface area (Å²) in [5.41, 5.74) is 6.59. The molecule has 6 nitrogen and oxygen atoms in total. The average Bonchev–Trinajstić information content (AvgIpc) is 3.13. The van der Waals surface area contributed by atoms with Crippen LogP contribution in [0.4, 0.5) is 0 Å². The van der Waals surface area contributed by atoms with Crippen LogP contribution in [0, 0.1) is 0 Å². The van der Waals surface area contributed by atoms with Gasteiger partial charge >= 0.3 is 0 Å². The number of aliphatic hydroxyl groups excluding tert-OH is 1. The number of benzene rings is 5. The molecule has 5 aromatic rings. The van der Waals surface area contributed by atoms with Crippen molar-refractivity contribution in [1.29, 1.82) is 0 Å². The van der Waals surface area contributed by atoms with Crippen molar-refractivity contribution in [2.75, 3.05) is 12.9 Å². The number of hydrogen-bond donors (Lipinski definition) is 2. The molecule has 1 amide bonds. The maximum absolute atomic E-state index is 12.6. The molecule has 1 fully saturated rings. The minimum absolute atomic E-state index is 0.00308. The smallest absolute Gasteiger partial charge is 0.251 e. The maximum atomic E-state index is 12.6. The Morgan fingerprint density at radius 1 is 0.804 bits per heavy atom. The third-order valence-electron chi connectivity index (χ3n) is 8.02. The van der Waals surface area contributed by atoms with Crippen LogP contribution < -0.4 is 10.1 Å². The molecule has 1 heterocycles. The Bertz CT molecular complexity index is 1740. The zero-order valence-electron chi connectivity index (χ0n) is 25.7. The first kappa shape index (κ1) is 31.6. The lowest BCUT2D eigenvalue weighted by molar-refractivity contribution is -0.245. The van der Waals surface area contributed by atoms with Crippen molar-refractivity contribution in [3.63, 3.8) is 0 Å². The fraction of sp³-hybridized carbons (Fsp3) is 0.205. The SMILES string of the molecule is COc1ccccc1SC[C@@H]1C[C@H](c2ccc(CO)cc2)O[C@H](c2cccc(-c3cccc(CNC(=O)c4ccccc4)c3)c2)O1. The van der Waals surface area contributed by atoms with Crippen LogP contribution in [-0.2, 0) is 22.6 Å². The molecule has 1 aliphatic rings. The molecule has 1 saturated heterocycles. The molecule has 0 unspecified atom stereocenters. The summed E-state index contributed by atoms with van der Waals surface area (Å²) in [6.45, 7) is 0.432. The molecule has 0 aromatic heterocycles. The van der Waals surface area contributed by atoms with Gasteiger partial charge < -0.3 is 24.6 Å². The average molecular weight is 632 g/mol. The topological polar surface area (TPSA) is 77.0 Å². The van der Waals surface area contributed by atoms with Gasteiger partial charge in [0.25, 0.3) is 5.91 Å². The Balaban J connectivity index is 1.20. The molecule has 5 aromatic carbocycles. The van der Waals surface area contributed by atoms with E-state index in [1.807, 2.05) is 97.1 Å². The highest BCUT2D eigenvalue weighted by Crippen LogP contribution is 2.41. The van der Waals surface area contributed by atoms with Gasteiger partial charge in [-0.15, -0.1) is 11.8 Å².